The fraction of sp³-hybridized carbons (Fsp3) is 0.625. The van der Waals surface area contributed by atoms with Gasteiger partial charge in [0, 0.05) is 18.1 Å². The van der Waals surface area contributed by atoms with Crippen molar-refractivity contribution < 1.29 is 0 Å². The van der Waals surface area contributed by atoms with Gasteiger partial charge in [0.15, 0.2) is 5.16 Å². The van der Waals surface area contributed by atoms with E-state index in [1.165, 1.54) is 6.42 Å². The van der Waals surface area contributed by atoms with Gasteiger partial charge in [0.2, 0.25) is 0 Å². The van der Waals surface area contributed by atoms with Crippen molar-refractivity contribution in [2.75, 3.05) is 11.5 Å². The number of aromatic nitrogens is 2. The summed E-state index contributed by atoms with van der Waals surface area (Å²) in [4.78, 5) is 7.21. The Balaban J connectivity index is 2.25. The smallest absolute Gasteiger partial charge is 0.165 e. The van der Waals surface area contributed by atoms with Gasteiger partial charge in [-0.3, -0.25) is 0 Å². The average molecular weight is 202 g/mol. The molecule has 2 nitrogen and oxygen atoms in total. The van der Waals surface area contributed by atoms with E-state index in [0.29, 0.717) is 5.92 Å². The van der Waals surface area contributed by atoms with E-state index in [2.05, 4.69) is 29.5 Å². The molecule has 12 heavy (non-hydrogen) atoms. The van der Waals surface area contributed by atoms with E-state index in [1.54, 1.807) is 18.0 Å². The topological polar surface area (TPSA) is 28.7 Å². The van der Waals surface area contributed by atoms with Crippen LogP contribution in [0.5, 0.6) is 0 Å². The molecular formula is C8H14N2S2. The SMILES string of the molecule is CCC(CS)CSc1ncc[nH]1. The lowest BCUT2D eigenvalue weighted by Gasteiger charge is -2.08. The molecular weight excluding hydrogens is 188 g/mol. The predicted molar refractivity (Wildman–Crippen MR) is 56.9 cm³/mol. The predicted octanol–water partition coefficient (Wildman–Crippen LogP) is 2.46. The first-order chi connectivity index (χ1) is 5.86. The molecule has 0 bridgehead atoms. The Hall–Kier alpha value is -0.0900. The average Bonchev–Trinajstić information content (AvgIpc) is 2.59. The minimum Gasteiger partial charge on any atom is -0.340 e. The van der Waals surface area contributed by atoms with Crippen molar-refractivity contribution in [2.24, 2.45) is 5.92 Å². The van der Waals surface area contributed by atoms with Crippen LogP contribution in [0.25, 0.3) is 0 Å². The first-order valence-electron chi connectivity index (χ1n) is 4.09. The lowest BCUT2D eigenvalue weighted by Crippen LogP contribution is -2.03. The van der Waals surface area contributed by atoms with Gasteiger partial charge < -0.3 is 4.98 Å². The van der Waals surface area contributed by atoms with Crippen molar-refractivity contribution in [3.05, 3.63) is 12.4 Å². The summed E-state index contributed by atoms with van der Waals surface area (Å²) in [5.74, 6) is 2.76. The Labute approximate surface area is 83.0 Å². The first-order valence-corrected chi connectivity index (χ1v) is 5.71. The summed E-state index contributed by atoms with van der Waals surface area (Å²) in [5.41, 5.74) is 0. The minimum atomic E-state index is 0.698. The Morgan fingerprint density at radius 3 is 3.08 bits per heavy atom. The standard InChI is InChI=1S/C8H14N2S2/c1-2-7(5-11)6-12-8-9-3-4-10-8/h3-4,7,11H,2,5-6H2,1H3,(H,9,10). The van der Waals surface area contributed by atoms with Crippen LogP contribution >= 0.6 is 24.4 Å². The van der Waals surface area contributed by atoms with Gasteiger partial charge in [0.05, 0.1) is 0 Å². The molecule has 0 radical (unpaired) electrons. The zero-order valence-electron chi connectivity index (χ0n) is 7.16. The zero-order chi connectivity index (χ0) is 8.81. The number of thioether (sulfide) groups is 1. The summed E-state index contributed by atoms with van der Waals surface area (Å²) in [5, 5.41) is 1.01. The van der Waals surface area contributed by atoms with Gasteiger partial charge in [0.25, 0.3) is 0 Å². The van der Waals surface area contributed by atoms with Crippen LogP contribution in [0.15, 0.2) is 17.6 Å². The molecule has 1 heterocycles. The third-order valence-corrected chi connectivity index (χ3v) is 3.42. The molecule has 0 amide bonds. The summed E-state index contributed by atoms with van der Waals surface area (Å²) >= 11 is 6.05. The Kier molecular flexibility index (Phi) is 4.61. The fourth-order valence-corrected chi connectivity index (χ4v) is 2.42. The number of H-pyrrole nitrogens is 1. The quantitative estimate of drug-likeness (QED) is 0.567. The molecule has 68 valence electrons. The summed E-state index contributed by atoms with van der Waals surface area (Å²) in [7, 11) is 0. The highest BCUT2D eigenvalue weighted by Gasteiger charge is 2.05. The Morgan fingerprint density at radius 2 is 2.58 bits per heavy atom. The molecule has 0 fully saturated rings. The van der Waals surface area contributed by atoms with Gasteiger partial charge in [-0.15, -0.1) is 0 Å². The summed E-state index contributed by atoms with van der Waals surface area (Å²) in [6, 6.07) is 0. The largest absolute Gasteiger partial charge is 0.340 e. The molecule has 1 rings (SSSR count). The second-order valence-electron chi connectivity index (χ2n) is 2.66. The van der Waals surface area contributed by atoms with Crippen LogP contribution in [0.4, 0.5) is 0 Å². The second-order valence-corrected chi connectivity index (χ2v) is 4.04. The molecule has 0 saturated heterocycles. The molecule has 4 heteroatoms. The molecule has 1 aromatic heterocycles. The number of aromatic amines is 1. The van der Waals surface area contributed by atoms with Crippen LogP contribution < -0.4 is 0 Å². The van der Waals surface area contributed by atoms with Crippen LogP contribution in [0, 0.1) is 5.92 Å². The molecule has 1 atom stereocenters. The Morgan fingerprint density at radius 1 is 1.75 bits per heavy atom. The molecule has 1 N–H and O–H groups in total. The van der Waals surface area contributed by atoms with Crippen LogP contribution in [0.3, 0.4) is 0 Å². The van der Waals surface area contributed by atoms with Gasteiger partial charge in [0.1, 0.15) is 0 Å². The van der Waals surface area contributed by atoms with Crippen LogP contribution in [0.2, 0.25) is 0 Å². The first kappa shape index (κ1) is 9.99. The summed E-state index contributed by atoms with van der Waals surface area (Å²) < 4.78 is 0. The molecule has 0 spiro atoms. The molecule has 1 aromatic rings. The van der Waals surface area contributed by atoms with Crippen molar-refractivity contribution in [1.82, 2.24) is 9.97 Å². The highest BCUT2D eigenvalue weighted by Crippen LogP contribution is 2.18. The number of nitrogens with zero attached hydrogens (tertiary/aromatic N) is 1. The third-order valence-electron chi connectivity index (χ3n) is 1.76. The molecule has 0 aliphatic carbocycles. The van der Waals surface area contributed by atoms with E-state index < -0.39 is 0 Å². The normalized spacial score (nSPS) is 13.2. The number of thiol groups is 1. The number of hydrogen-bond donors (Lipinski definition) is 2. The van der Waals surface area contributed by atoms with Crippen molar-refractivity contribution in [1.29, 1.82) is 0 Å². The van der Waals surface area contributed by atoms with Crippen molar-refractivity contribution in [3.63, 3.8) is 0 Å². The highest BCUT2D eigenvalue weighted by molar-refractivity contribution is 7.99. The lowest BCUT2D eigenvalue weighted by molar-refractivity contribution is 0.649. The number of nitrogens with one attached hydrogen (secondary N) is 1. The molecule has 0 aromatic carbocycles. The Bertz CT molecular complexity index is 195. The van der Waals surface area contributed by atoms with E-state index in [1.807, 2.05) is 6.20 Å². The van der Waals surface area contributed by atoms with E-state index in [-0.39, 0.29) is 0 Å². The van der Waals surface area contributed by atoms with Gasteiger partial charge in [-0.2, -0.15) is 12.6 Å². The van der Waals surface area contributed by atoms with E-state index in [4.69, 9.17) is 0 Å². The van der Waals surface area contributed by atoms with Gasteiger partial charge in [-0.1, -0.05) is 25.1 Å². The van der Waals surface area contributed by atoms with E-state index >= 15 is 0 Å². The molecule has 0 aliphatic heterocycles. The van der Waals surface area contributed by atoms with E-state index in [0.717, 1.165) is 16.7 Å². The monoisotopic (exact) mass is 202 g/mol. The summed E-state index contributed by atoms with van der Waals surface area (Å²) in [6.45, 7) is 2.20. The maximum Gasteiger partial charge on any atom is 0.165 e. The van der Waals surface area contributed by atoms with Crippen LogP contribution in [-0.4, -0.2) is 21.5 Å². The summed E-state index contributed by atoms with van der Waals surface area (Å²) in [6.07, 6.45) is 4.82. The van der Waals surface area contributed by atoms with Crippen molar-refractivity contribution in [2.45, 2.75) is 18.5 Å². The number of imidazole rings is 1. The minimum absolute atomic E-state index is 0.698. The zero-order valence-corrected chi connectivity index (χ0v) is 8.87. The van der Waals surface area contributed by atoms with Crippen molar-refractivity contribution in [3.8, 4) is 0 Å². The lowest BCUT2D eigenvalue weighted by atomic mass is 10.2. The number of hydrogen-bond acceptors (Lipinski definition) is 3. The molecule has 1 unspecified atom stereocenters. The van der Waals surface area contributed by atoms with E-state index in [9.17, 15) is 0 Å². The van der Waals surface area contributed by atoms with Gasteiger partial charge in [-0.25, -0.2) is 4.98 Å². The van der Waals surface area contributed by atoms with Gasteiger partial charge in [-0.05, 0) is 11.7 Å². The van der Waals surface area contributed by atoms with Crippen LogP contribution in [0.1, 0.15) is 13.3 Å². The highest BCUT2D eigenvalue weighted by atomic mass is 32.2. The van der Waals surface area contributed by atoms with Crippen LogP contribution in [-0.2, 0) is 0 Å². The molecule has 0 saturated carbocycles. The molecule has 0 aliphatic rings. The number of rotatable bonds is 5. The maximum absolute atomic E-state index is 4.28. The van der Waals surface area contributed by atoms with Crippen molar-refractivity contribution >= 4 is 24.4 Å². The maximum atomic E-state index is 4.28. The fourth-order valence-electron chi connectivity index (χ4n) is 0.826. The third kappa shape index (κ3) is 3.11. The van der Waals surface area contributed by atoms with Gasteiger partial charge >= 0.3 is 0 Å². The second kappa shape index (κ2) is 5.54.